The zero-order valence-corrected chi connectivity index (χ0v) is 16.9. The number of aromatic nitrogens is 1. The highest BCUT2D eigenvalue weighted by Gasteiger charge is 2.16. The molecule has 4 nitrogen and oxygen atoms in total. The third-order valence-corrected chi connectivity index (χ3v) is 4.78. The largest absolute Gasteiger partial charge is 0.341 e. The van der Waals surface area contributed by atoms with Crippen LogP contribution < -0.4 is 5.73 Å². The quantitative estimate of drug-likeness (QED) is 0.769. The fourth-order valence-corrected chi connectivity index (χ4v) is 3.04. The van der Waals surface area contributed by atoms with Gasteiger partial charge in [-0.15, -0.1) is 36.2 Å². The van der Waals surface area contributed by atoms with Crippen molar-refractivity contribution in [1.82, 2.24) is 9.88 Å². The van der Waals surface area contributed by atoms with E-state index < -0.39 is 0 Å². The van der Waals surface area contributed by atoms with Crippen LogP contribution in [0.1, 0.15) is 12.6 Å². The molecule has 0 fully saturated rings. The van der Waals surface area contributed by atoms with E-state index in [0.717, 1.165) is 20.7 Å². The lowest BCUT2D eigenvalue weighted by Gasteiger charge is -2.23. The van der Waals surface area contributed by atoms with Gasteiger partial charge in [0.15, 0.2) is 0 Å². The van der Waals surface area contributed by atoms with E-state index in [4.69, 9.17) is 5.73 Å². The van der Waals surface area contributed by atoms with Crippen LogP contribution in [0.3, 0.4) is 0 Å². The minimum absolute atomic E-state index is 0. The van der Waals surface area contributed by atoms with Gasteiger partial charge in [0.1, 0.15) is 5.01 Å². The number of carbonyl (C=O) groups is 1. The van der Waals surface area contributed by atoms with Crippen LogP contribution in [0.15, 0.2) is 34.1 Å². The van der Waals surface area contributed by atoms with Crippen LogP contribution in [-0.2, 0) is 11.2 Å². The predicted octanol–water partition coefficient (Wildman–Crippen LogP) is 3.76. The Bertz CT molecular complexity index is 639. The number of hydrogen-bond donors (Lipinski definition) is 1. The van der Waals surface area contributed by atoms with Crippen LogP contribution in [0.5, 0.6) is 0 Å². The molecule has 1 atom stereocenters. The highest BCUT2D eigenvalue weighted by Crippen LogP contribution is 2.26. The van der Waals surface area contributed by atoms with Crippen LogP contribution in [0.2, 0.25) is 0 Å². The number of benzene rings is 1. The standard InChI is InChI=1S/C15H18BrN3OS.2ClH/c1-10(8-17)19(2)14(20)7-13-9-21-15(18-13)11-4-3-5-12(16)6-11;;/h3-6,9-10H,7-8,17H2,1-2H3;2*1H. The fourth-order valence-electron chi connectivity index (χ4n) is 1.83. The van der Waals surface area contributed by atoms with Crippen molar-refractivity contribution in [2.75, 3.05) is 13.6 Å². The molecule has 1 amide bonds. The zero-order valence-electron chi connectivity index (χ0n) is 12.9. The second-order valence-corrected chi connectivity index (χ2v) is 6.69. The number of thiazole rings is 1. The van der Waals surface area contributed by atoms with Crippen molar-refractivity contribution in [3.63, 3.8) is 0 Å². The van der Waals surface area contributed by atoms with E-state index in [9.17, 15) is 4.79 Å². The SMILES string of the molecule is CC(CN)N(C)C(=O)Cc1csc(-c2cccc(Br)c2)n1.Cl.Cl. The maximum absolute atomic E-state index is 12.1. The van der Waals surface area contributed by atoms with Crippen LogP contribution in [-0.4, -0.2) is 35.4 Å². The number of carbonyl (C=O) groups excluding carboxylic acids is 1. The molecule has 1 unspecified atom stereocenters. The molecule has 0 radical (unpaired) electrons. The minimum Gasteiger partial charge on any atom is -0.341 e. The summed E-state index contributed by atoms with van der Waals surface area (Å²) in [6, 6.07) is 8.03. The molecule has 2 rings (SSSR count). The Morgan fingerprint density at radius 2 is 2.13 bits per heavy atom. The van der Waals surface area contributed by atoms with Crippen molar-refractivity contribution in [1.29, 1.82) is 0 Å². The van der Waals surface area contributed by atoms with Gasteiger partial charge in [0, 0.05) is 35.1 Å². The van der Waals surface area contributed by atoms with E-state index in [1.54, 1.807) is 23.3 Å². The monoisotopic (exact) mass is 439 g/mol. The molecule has 2 N–H and O–H groups in total. The van der Waals surface area contributed by atoms with Gasteiger partial charge in [0.25, 0.3) is 0 Å². The molecule has 1 aromatic heterocycles. The summed E-state index contributed by atoms with van der Waals surface area (Å²) in [6.07, 6.45) is 0.311. The summed E-state index contributed by atoms with van der Waals surface area (Å²) in [7, 11) is 1.78. The van der Waals surface area contributed by atoms with Crippen molar-refractivity contribution >= 4 is 58.0 Å². The van der Waals surface area contributed by atoms with E-state index in [1.807, 2.05) is 36.6 Å². The summed E-state index contributed by atoms with van der Waals surface area (Å²) >= 11 is 5.01. The second kappa shape index (κ2) is 10.3. The first-order chi connectivity index (χ1) is 10.0. The Kier molecular flexibility index (Phi) is 9.96. The minimum atomic E-state index is 0. The number of hydrogen-bond acceptors (Lipinski definition) is 4. The molecule has 0 saturated heterocycles. The molecule has 0 aliphatic rings. The topological polar surface area (TPSA) is 59.2 Å². The molecule has 0 aliphatic heterocycles. The number of halogens is 3. The van der Waals surface area contributed by atoms with Crippen molar-refractivity contribution in [3.8, 4) is 10.6 Å². The maximum Gasteiger partial charge on any atom is 0.228 e. The third kappa shape index (κ3) is 6.04. The van der Waals surface area contributed by atoms with E-state index in [1.165, 1.54) is 0 Å². The summed E-state index contributed by atoms with van der Waals surface area (Å²) in [6.45, 7) is 2.40. The number of amides is 1. The highest BCUT2D eigenvalue weighted by atomic mass is 79.9. The Hall–Kier alpha value is -0.660. The molecule has 23 heavy (non-hydrogen) atoms. The summed E-state index contributed by atoms with van der Waals surface area (Å²) < 4.78 is 1.02. The lowest BCUT2D eigenvalue weighted by atomic mass is 10.2. The van der Waals surface area contributed by atoms with Gasteiger partial charge < -0.3 is 10.6 Å². The van der Waals surface area contributed by atoms with Gasteiger partial charge in [-0.2, -0.15) is 0 Å². The van der Waals surface area contributed by atoms with Crippen LogP contribution in [0.4, 0.5) is 0 Å². The average Bonchev–Trinajstić information content (AvgIpc) is 2.94. The first kappa shape index (κ1) is 22.3. The van der Waals surface area contributed by atoms with Crippen molar-refractivity contribution < 1.29 is 4.79 Å². The molecule has 1 heterocycles. The molecular formula is C15H20BrCl2N3OS. The summed E-state index contributed by atoms with van der Waals surface area (Å²) in [5.74, 6) is 0.0408. The number of nitrogens with two attached hydrogens (primary N) is 1. The number of likely N-dealkylation sites (N-methyl/N-ethyl adjacent to an activating group) is 1. The van der Waals surface area contributed by atoms with Crippen LogP contribution in [0.25, 0.3) is 10.6 Å². The van der Waals surface area contributed by atoms with E-state index in [-0.39, 0.29) is 36.8 Å². The molecule has 1 aromatic carbocycles. The number of rotatable bonds is 5. The molecule has 0 bridgehead atoms. The van der Waals surface area contributed by atoms with Gasteiger partial charge in [-0.1, -0.05) is 28.1 Å². The smallest absolute Gasteiger partial charge is 0.228 e. The molecule has 0 saturated carbocycles. The maximum atomic E-state index is 12.1. The first-order valence-corrected chi connectivity index (χ1v) is 8.34. The summed E-state index contributed by atoms with van der Waals surface area (Å²) in [5, 5.41) is 2.86. The zero-order chi connectivity index (χ0) is 15.4. The van der Waals surface area contributed by atoms with Gasteiger partial charge in [0.05, 0.1) is 12.1 Å². The average molecular weight is 441 g/mol. The molecule has 8 heteroatoms. The van der Waals surface area contributed by atoms with Crippen molar-refractivity contribution in [2.24, 2.45) is 5.73 Å². The molecule has 2 aromatic rings. The fraction of sp³-hybridized carbons (Fsp3) is 0.333. The second-order valence-electron chi connectivity index (χ2n) is 4.92. The Labute approximate surface area is 161 Å². The van der Waals surface area contributed by atoms with Crippen molar-refractivity contribution in [3.05, 3.63) is 39.8 Å². The normalized spacial score (nSPS) is 11.1. The predicted molar refractivity (Wildman–Crippen MR) is 105 cm³/mol. The Morgan fingerprint density at radius 1 is 1.43 bits per heavy atom. The van der Waals surface area contributed by atoms with Gasteiger partial charge in [-0.3, -0.25) is 4.79 Å². The van der Waals surface area contributed by atoms with Gasteiger partial charge in [-0.05, 0) is 19.1 Å². The highest BCUT2D eigenvalue weighted by molar-refractivity contribution is 9.10. The Morgan fingerprint density at radius 3 is 2.74 bits per heavy atom. The first-order valence-electron chi connectivity index (χ1n) is 6.67. The van der Waals surface area contributed by atoms with Gasteiger partial charge in [-0.25, -0.2) is 4.98 Å². The van der Waals surface area contributed by atoms with E-state index in [0.29, 0.717) is 13.0 Å². The lowest BCUT2D eigenvalue weighted by molar-refractivity contribution is -0.130. The third-order valence-electron chi connectivity index (χ3n) is 3.35. The van der Waals surface area contributed by atoms with E-state index >= 15 is 0 Å². The molecule has 0 aliphatic carbocycles. The summed E-state index contributed by atoms with van der Waals surface area (Å²) in [5.41, 5.74) is 7.44. The molecular weight excluding hydrogens is 421 g/mol. The van der Waals surface area contributed by atoms with Crippen LogP contribution >= 0.6 is 52.1 Å². The van der Waals surface area contributed by atoms with Gasteiger partial charge in [0.2, 0.25) is 5.91 Å². The van der Waals surface area contributed by atoms with Gasteiger partial charge >= 0.3 is 0 Å². The number of nitrogens with zero attached hydrogens (tertiary/aromatic N) is 2. The van der Waals surface area contributed by atoms with Crippen LogP contribution in [0, 0.1) is 0 Å². The molecule has 128 valence electrons. The summed E-state index contributed by atoms with van der Waals surface area (Å²) in [4.78, 5) is 18.4. The Balaban J connectivity index is 0.00000242. The van der Waals surface area contributed by atoms with Crippen molar-refractivity contribution in [2.45, 2.75) is 19.4 Å². The van der Waals surface area contributed by atoms with E-state index in [2.05, 4.69) is 20.9 Å². The molecule has 0 spiro atoms. The lowest BCUT2D eigenvalue weighted by Crippen LogP contribution is -2.40.